The Kier molecular flexibility index (Phi) is 5.03. The number of carbonyl (C=O) groups is 1. The Balaban J connectivity index is 1.67. The van der Waals surface area contributed by atoms with E-state index in [4.69, 9.17) is 0 Å². The highest BCUT2D eigenvalue weighted by atomic mass is 16.3. The number of aromatic nitrogens is 1. The average Bonchev–Trinajstić information content (AvgIpc) is 2.99. The molecule has 4 nitrogen and oxygen atoms in total. The van der Waals surface area contributed by atoms with Crippen molar-refractivity contribution in [2.75, 3.05) is 13.2 Å². The molecule has 1 N–H and O–H groups in total. The molecule has 1 aliphatic carbocycles. The lowest BCUT2D eigenvalue weighted by Gasteiger charge is -2.23. The van der Waals surface area contributed by atoms with Crippen molar-refractivity contribution >= 4 is 5.91 Å². The third kappa shape index (κ3) is 3.77. The van der Waals surface area contributed by atoms with E-state index in [-0.39, 0.29) is 12.5 Å². The second kappa shape index (κ2) is 7.38. The molecule has 0 spiro atoms. The summed E-state index contributed by atoms with van der Waals surface area (Å²) >= 11 is 0. The van der Waals surface area contributed by atoms with Crippen LogP contribution in [0, 0.1) is 0 Å². The predicted octanol–water partition coefficient (Wildman–Crippen LogP) is 2.52. The van der Waals surface area contributed by atoms with Crippen LogP contribution in [-0.4, -0.2) is 34.0 Å². The smallest absolute Gasteiger partial charge is 0.223 e. The Morgan fingerprint density at radius 2 is 2.13 bits per heavy atom. The quantitative estimate of drug-likeness (QED) is 0.892. The predicted molar refractivity (Wildman–Crippen MR) is 88.9 cm³/mol. The molecule has 1 aromatic heterocycles. The highest BCUT2D eigenvalue weighted by Gasteiger charge is 2.26. The van der Waals surface area contributed by atoms with Gasteiger partial charge < -0.3 is 10.0 Å². The SMILES string of the molecule is O=C(CC1CCc2ccccc21)N(CCO)Cc1cccnc1. The number of aliphatic hydroxyl groups is 1. The van der Waals surface area contributed by atoms with Crippen molar-refractivity contribution in [2.45, 2.75) is 31.7 Å². The molecule has 4 heteroatoms. The van der Waals surface area contributed by atoms with Gasteiger partial charge in [-0.3, -0.25) is 9.78 Å². The molecule has 0 fully saturated rings. The minimum Gasteiger partial charge on any atom is -0.395 e. The first-order chi connectivity index (χ1) is 11.3. The fourth-order valence-corrected chi connectivity index (χ4v) is 3.32. The first-order valence-electron chi connectivity index (χ1n) is 8.13. The van der Waals surface area contributed by atoms with Gasteiger partial charge in [-0.25, -0.2) is 0 Å². The van der Waals surface area contributed by atoms with E-state index in [0.717, 1.165) is 18.4 Å². The van der Waals surface area contributed by atoms with E-state index in [2.05, 4.69) is 23.2 Å². The molecule has 0 radical (unpaired) electrons. The van der Waals surface area contributed by atoms with E-state index in [1.54, 1.807) is 17.3 Å². The molecule has 0 saturated carbocycles. The molecule has 0 bridgehead atoms. The summed E-state index contributed by atoms with van der Waals surface area (Å²) in [6, 6.07) is 12.2. The molecule has 1 amide bonds. The number of carbonyl (C=O) groups excluding carboxylic acids is 1. The Bertz CT molecular complexity index is 657. The lowest BCUT2D eigenvalue weighted by Crippen LogP contribution is -2.33. The maximum absolute atomic E-state index is 12.7. The first-order valence-corrected chi connectivity index (χ1v) is 8.13. The molecule has 0 saturated heterocycles. The summed E-state index contributed by atoms with van der Waals surface area (Å²) in [6.45, 7) is 0.844. The van der Waals surface area contributed by atoms with Crippen LogP contribution in [0.15, 0.2) is 48.8 Å². The summed E-state index contributed by atoms with van der Waals surface area (Å²) in [5.41, 5.74) is 3.67. The highest BCUT2D eigenvalue weighted by molar-refractivity contribution is 5.77. The van der Waals surface area contributed by atoms with Crippen molar-refractivity contribution in [3.8, 4) is 0 Å². The van der Waals surface area contributed by atoms with Gasteiger partial charge in [0.25, 0.3) is 0 Å². The molecule has 1 aliphatic rings. The van der Waals surface area contributed by atoms with Crippen LogP contribution >= 0.6 is 0 Å². The van der Waals surface area contributed by atoms with E-state index in [1.807, 2.05) is 18.2 Å². The van der Waals surface area contributed by atoms with Gasteiger partial charge in [-0.1, -0.05) is 30.3 Å². The van der Waals surface area contributed by atoms with Gasteiger partial charge in [0.05, 0.1) is 6.61 Å². The second-order valence-electron chi connectivity index (χ2n) is 6.04. The molecule has 0 aliphatic heterocycles. The number of pyridine rings is 1. The number of fused-ring (bicyclic) bond motifs is 1. The summed E-state index contributed by atoms with van der Waals surface area (Å²) in [5, 5.41) is 9.27. The van der Waals surface area contributed by atoms with Gasteiger partial charge >= 0.3 is 0 Å². The van der Waals surface area contributed by atoms with E-state index in [1.165, 1.54) is 11.1 Å². The molecule has 120 valence electrons. The average molecular weight is 310 g/mol. The fourth-order valence-electron chi connectivity index (χ4n) is 3.32. The Morgan fingerprint density at radius 3 is 2.91 bits per heavy atom. The van der Waals surface area contributed by atoms with Gasteiger partial charge in [-0.15, -0.1) is 0 Å². The Hall–Kier alpha value is -2.20. The Labute approximate surface area is 136 Å². The summed E-state index contributed by atoms with van der Waals surface area (Å²) in [5.74, 6) is 0.401. The number of hydrogen-bond acceptors (Lipinski definition) is 3. The topological polar surface area (TPSA) is 53.4 Å². The van der Waals surface area contributed by atoms with Gasteiger partial charge in [0.1, 0.15) is 0 Å². The third-order valence-corrected chi connectivity index (χ3v) is 4.50. The molecule has 1 heterocycles. The van der Waals surface area contributed by atoms with Crippen LogP contribution < -0.4 is 0 Å². The van der Waals surface area contributed by atoms with E-state index >= 15 is 0 Å². The minimum atomic E-state index is -0.0206. The molecule has 1 aromatic carbocycles. The van der Waals surface area contributed by atoms with Crippen LogP contribution in [0.5, 0.6) is 0 Å². The summed E-state index contributed by atoms with van der Waals surface area (Å²) in [4.78, 5) is 18.5. The molecule has 3 rings (SSSR count). The number of nitrogens with zero attached hydrogens (tertiary/aromatic N) is 2. The van der Waals surface area contributed by atoms with Crippen molar-refractivity contribution in [1.82, 2.24) is 9.88 Å². The van der Waals surface area contributed by atoms with Gasteiger partial charge in [0.15, 0.2) is 0 Å². The van der Waals surface area contributed by atoms with Crippen molar-refractivity contribution in [1.29, 1.82) is 0 Å². The zero-order chi connectivity index (χ0) is 16.1. The second-order valence-corrected chi connectivity index (χ2v) is 6.04. The fraction of sp³-hybridized carbons (Fsp3) is 0.368. The number of aliphatic hydroxyl groups excluding tert-OH is 1. The molecular formula is C19H22N2O2. The van der Waals surface area contributed by atoms with Crippen molar-refractivity contribution in [2.24, 2.45) is 0 Å². The number of rotatable bonds is 6. The lowest BCUT2D eigenvalue weighted by molar-refractivity contribution is -0.132. The first kappa shape index (κ1) is 15.7. The standard InChI is InChI=1S/C19H22N2O2/c22-11-10-21(14-15-4-3-9-20-13-15)19(23)12-17-8-7-16-5-1-2-6-18(16)17/h1-6,9,13,17,22H,7-8,10-12,14H2. The van der Waals surface area contributed by atoms with Crippen molar-refractivity contribution < 1.29 is 9.90 Å². The molecule has 2 aromatic rings. The number of amides is 1. The molecule has 1 atom stereocenters. The van der Waals surface area contributed by atoms with E-state index in [0.29, 0.717) is 25.4 Å². The van der Waals surface area contributed by atoms with Gasteiger partial charge in [0.2, 0.25) is 5.91 Å². The van der Waals surface area contributed by atoms with Gasteiger partial charge in [0, 0.05) is 31.9 Å². The Morgan fingerprint density at radius 1 is 1.26 bits per heavy atom. The van der Waals surface area contributed by atoms with Crippen LogP contribution in [0.25, 0.3) is 0 Å². The molecule has 1 unspecified atom stereocenters. The van der Waals surface area contributed by atoms with Crippen LogP contribution in [0.1, 0.15) is 35.4 Å². The van der Waals surface area contributed by atoms with Crippen LogP contribution in [-0.2, 0) is 17.8 Å². The van der Waals surface area contributed by atoms with Crippen molar-refractivity contribution in [3.63, 3.8) is 0 Å². The molecule has 23 heavy (non-hydrogen) atoms. The number of aryl methyl sites for hydroxylation is 1. The summed E-state index contributed by atoms with van der Waals surface area (Å²) in [6.07, 6.45) is 6.08. The van der Waals surface area contributed by atoms with E-state index < -0.39 is 0 Å². The monoisotopic (exact) mass is 310 g/mol. The van der Waals surface area contributed by atoms with E-state index in [9.17, 15) is 9.90 Å². The molecular weight excluding hydrogens is 288 g/mol. The highest BCUT2D eigenvalue weighted by Crippen LogP contribution is 2.35. The zero-order valence-electron chi connectivity index (χ0n) is 13.2. The zero-order valence-corrected chi connectivity index (χ0v) is 13.2. The number of benzene rings is 1. The summed E-state index contributed by atoms with van der Waals surface area (Å²) < 4.78 is 0. The van der Waals surface area contributed by atoms with Crippen LogP contribution in [0.2, 0.25) is 0 Å². The van der Waals surface area contributed by atoms with Crippen LogP contribution in [0.4, 0.5) is 0 Å². The lowest BCUT2D eigenvalue weighted by atomic mass is 9.97. The van der Waals surface area contributed by atoms with Crippen molar-refractivity contribution in [3.05, 3.63) is 65.5 Å². The van der Waals surface area contributed by atoms with Crippen LogP contribution in [0.3, 0.4) is 0 Å². The van der Waals surface area contributed by atoms with Gasteiger partial charge in [-0.05, 0) is 41.5 Å². The maximum atomic E-state index is 12.7. The third-order valence-electron chi connectivity index (χ3n) is 4.50. The summed E-state index contributed by atoms with van der Waals surface area (Å²) in [7, 11) is 0. The maximum Gasteiger partial charge on any atom is 0.223 e. The normalized spacial score (nSPS) is 16.1. The minimum absolute atomic E-state index is 0.0206. The number of hydrogen-bond donors (Lipinski definition) is 1. The van der Waals surface area contributed by atoms with Gasteiger partial charge in [-0.2, -0.15) is 0 Å². The largest absolute Gasteiger partial charge is 0.395 e.